The van der Waals surface area contributed by atoms with Crippen LogP contribution in [0.15, 0.2) is 24.3 Å². The maximum atomic E-state index is 11.9. The summed E-state index contributed by atoms with van der Waals surface area (Å²) < 4.78 is 5.56. The number of hydrogen-bond donors (Lipinski definition) is 1. The molecule has 1 N–H and O–H groups in total. The van der Waals surface area contributed by atoms with E-state index in [9.17, 15) is 9.59 Å². The number of halogens is 1. The van der Waals surface area contributed by atoms with Gasteiger partial charge in [0.15, 0.2) is 0 Å². The first-order chi connectivity index (χ1) is 12.6. The van der Waals surface area contributed by atoms with Crippen molar-refractivity contribution in [3.63, 3.8) is 0 Å². The van der Waals surface area contributed by atoms with Crippen molar-refractivity contribution in [2.75, 3.05) is 26.2 Å². The molecular weight excluding hydrogens is 354 g/mol. The third kappa shape index (κ3) is 6.57. The summed E-state index contributed by atoms with van der Waals surface area (Å²) in [7, 11) is 0. The molecule has 0 spiro atoms. The lowest BCUT2D eigenvalue weighted by molar-refractivity contribution is -0.131. The molecule has 0 atom stereocenters. The summed E-state index contributed by atoms with van der Waals surface area (Å²) >= 11 is 6.00. The van der Waals surface area contributed by atoms with E-state index in [2.05, 4.69) is 5.32 Å². The number of rotatable bonds is 8. The molecule has 6 nitrogen and oxygen atoms in total. The van der Waals surface area contributed by atoms with Crippen LogP contribution < -0.4 is 10.1 Å². The predicted octanol–water partition coefficient (Wildman–Crippen LogP) is 2.77. The molecular formula is C19H24ClN3O3. The smallest absolute Gasteiger partial charge is 0.236 e. The highest BCUT2D eigenvalue weighted by molar-refractivity contribution is 6.32. The lowest BCUT2D eigenvalue weighted by atomic mass is 9.96. The molecule has 2 amide bonds. The van der Waals surface area contributed by atoms with E-state index in [4.69, 9.17) is 21.6 Å². The quantitative estimate of drug-likeness (QED) is 0.706. The van der Waals surface area contributed by atoms with Gasteiger partial charge < -0.3 is 15.0 Å². The monoisotopic (exact) mass is 377 g/mol. The average molecular weight is 378 g/mol. The minimum atomic E-state index is -0.103. The van der Waals surface area contributed by atoms with Gasteiger partial charge in [-0.15, -0.1) is 0 Å². The molecule has 0 bridgehead atoms. The van der Waals surface area contributed by atoms with E-state index in [0.29, 0.717) is 55.8 Å². The number of benzene rings is 1. The lowest BCUT2D eigenvalue weighted by Gasteiger charge is -2.31. The first-order valence-electron chi connectivity index (χ1n) is 8.89. The maximum Gasteiger partial charge on any atom is 0.236 e. The number of para-hydroxylation sites is 1. The van der Waals surface area contributed by atoms with Gasteiger partial charge in [0.1, 0.15) is 12.2 Å². The van der Waals surface area contributed by atoms with Gasteiger partial charge in [-0.05, 0) is 37.3 Å². The third-order valence-corrected chi connectivity index (χ3v) is 4.74. The highest BCUT2D eigenvalue weighted by Gasteiger charge is 2.22. The summed E-state index contributed by atoms with van der Waals surface area (Å²) in [5.74, 6) is 0.918. The number of carbonyl (C=O) groups excluding carboxylic acids is 2. The van der Waals surface area contributed by atoms with E-state index in [-0.39, 0.29) is 18.2 Å². The standard InChI is InChI=1S/C19H24ClN3O3/c20-16-4-1-2-5-17(16)26-13-3-6-18(24)22-14-15-8-11-23(12-9-15)19(25)7-10-21/h1-2,4-5,15H,3,6-9,11-14H2,(H,22,24). The van der Waals surface area contributed by atoms with Crippen molar-refractivity contribution in [3.05, 3.63) is 29.3 Å². The van der Waals surface area contributed by atoms with E-state index in [1.54, 1.807) is 17.0 Å². The van der Waals surface area contributed by atoms with Crippen LogP contribution in [0.5, 0.6) is 5.75 Å². The zero-order chi connectivity index (χ0) is 18.8. The molecule has 1 aromatic rings. The van der Waals surface area contributed by atoms with Crippen LogP contribution in [0.1, 0.15) is 32.1 Å². The Bertz CT molecular complexity index is 652. The zero-order valence-electron chi connectivity index (χ0n) is 14.7. The normalized spacial score (nSPS) is 14.5. The average Bonchev–Trinajstić information content (AvgIpc) is 2.65. The van der Waals surface area contributed by atoms with E-state index < -0.39 is 0 Å². The molecule has 140 valence electrons. The number of carbonyl (C=O) groups is 2. The van der Waals surface area contributed by atoms with E-state index in [1.165, 1.54) is 0 Å². The van der Waals surface area contributed by atoms with Crippen LogP contribution in [0.4, 0.5) is 0 Å². The van der Waals surface area contributed by atoms with E-state index in [0.717, 1.165) is 12.8 Å². The second kappa shape index (κ2) is 10.7. The van der Waals surface area contributed by atoms with Gasteiger partial charge in [-0.25, -0.2) is 0 Å². The lowest BCUT2D eigenvalue weighted by Crippen LogP contribution is -2.41. The van der Waals surface area contributed by atoms with Crippen molar-refractivity contribution in [1.29, 1.82) is 5.26 Å². The van der Waals surface area contributed by atoms with Gasteiger partial charge in [0.25, 0.3) is 0 Å². The Hall–Kier alpha value is -2.26. The van der Waals surface area contributed by atoms with Crippen LogP contribution in [0.3, 0.4) is 0 Å². The highest BCUT2D eigenvalue weighted by atomic mass is 35.5. The van der Waals surface area contributed by atoms with Crippen molar-refractivity contribution >= 4 is 23.4 Å². The van der Waals surface area contributed by atoms with Gasteiger partial charge in [-0.2, -0.15) is 5.26 Å². The molecule has 26 heavy (non-hydrogen) atoms. The first-order valence-corrected chi connectivity index (χ1v) is 9.26. The van der Waals surface area contributed by atoms with Crippen LogP contribution >= 0.6 is 11.6 Å². The third-order valence-electron chi connectivity index (χ3n) is 4.43. The van der Waals surface area contributed by atoms with Crippen LogP contribution in [0.25, 0.3) is 0 Å². The second-order valence-electron chi connectivity index (χ2n) is 6.35. The van der Waals surface area contributed by atoms with Gasteiger partial charge >= 0.3 is 0 Å². The molecule has 1 heterocycles. The van der Waals surface area contributed by atoms with Crippen molar-refractivity contribution < 1.29 is 14.3 Å². The zero-order valence-corrected chi connectivity index (χ0v) is 15.5. The van der Waals surface area contributed by atoms with Gasteiger partial charge in [0, 0.05) is 26.1 Å². The maximum absolute atomic E-state index is 11.9. The van der Waals surface area contributed by atoms with Crippen molar-refractivity contribution in [2.45, 2.75) is 32.1 Å². The molecule has 2 rings (SSSR count). The molecule has 1 aromatic carbocycles. The predicted molar refractivity (Wildman–Crippen MR) is 98.7 cm³/mol. The van der Waals surface area contributed by atoms with Crippen molar-refractivity contribution in [3.8, 4) is 11.8 Å². The van der Waals surface area contributed by atoms with Gasteiger partial charge in [0.05, 0.1) is 17.7 Å². The van der Waals surface area contributed by atoms with Gasteiger partial charge in [-0.3, -0.25) is 9.59 Å². The Kier molecular flexibility index (Phi) is 8.23. The molecule has 1 saturated heterocycles. The number of hydrogen-bond acceptors (Lipinski definition) is 4. The molecule has 0 aromatic heterocycles. The second-order valence-corrected chi connectivity index (χ2v) is 6.75. The summed E-state index contributed by atoms with van der Waals surface area (Å²) in [6, 6.07) is 9.15. The largest absolute Gasteiger partial charge is 0.492 e. The fraction of sp³-hybridized carbons (Fsp3) is 0.526. The molecule has 7 heteroatoms. The van der Waals surface area contributed by atoms with Crippen LogP contribution in [0.2, 0.25) is 5.02 Å². The molecule has 0 aliphatic carbocycles. The number of nitrogens with one attached hydrogen (secondary N) is 1. The van der Waals surface area contributed by atoms with Crippen LogP contribution in [-0.4, -0.2) is 43.0 Å². The SMILES string of the molecule is N#CCC(=O)N1CCC(CNC(=O)CCCOc2ccccc2Cl)CC1. The summed E-state index contributed by atoms with van der Waals surface area (Å²) in [6.07, 6.45) is 2.68. The van der Waals surface area contributed by atoms with E-state index in [1.807, 2.05) is 18.2 Å². The molecule has 1 aliphatic rings. The molecule has 1 fully saturated rings. The highest BCUT2D eigenvalue weighted by Crippen LogP contribution is 2.23. The first kappa shape index (κ1) is 20.1. The molecule has 0 radical (unpaired) electrons. The van der Waals surface area contributed by atoms with Gasteiger partial charge in [-0.1, -0.05) is 23.7 Å². The Labute approximate surface area is 159 Å². The molecule has 0 saturated carbocycles. The fourth-order valence-electron chi connectivity index (χ4n) is 2.89. The minimum Gasteiger partial charge on any atom is -0.492 e. The fourth-order valence-corrected chi connectivity index (χ4v) is 3.08. The summed E-state index contributed by atoms with van der Waals surface area (Å²) in [5.41, 5.74) is 0. The summed E-state index contributed by atoms with van der Waals surface area (Å²) in [6.45, 7) is 2.39. The van der Waals surface area contributed by atoms with Crippen LogP contribution in [-0.2, 0) is 9.59 Å². The van der Waals surface area contributed by atoms with Crippen molar-refractivity contribution in [1.82, 2.24) is 10.2 Å². The summed E-state index contributed by atoms with van der Waals surface area (Å²) in [5, 5.41) is 12.1. The number of likely N-dealkylation sites (tertiary alicyclic amines) is 1. The summed E-state index contributed by atoms with van der Waals surface area (Å²) in [4.78, 5) is 25.3. The minimum absolute atomic E-state index is 0.00995. The Morgan fingerprint density at radius 3 is 2.73 bits per heavy atom. The Balaban J connectivity index is 1.56. The van der Waals surface area contributed by atoms with E-state index >= 15 is 0 Å². The number of nitriles is 1. The number of nitrogens with zero attached hydrogens (tertiary/aromatic N) is 2. The topological polar surface area (TPSA) is 82.4 Å². The van der Waals surface area contributed by atoms with Crippen LogP contribution in [0, 0.1) is 17.2 Å². The number of ether oxygens (including phenoxy) is 1. The molecule has 1 aliphatic heterocycles. The molecule has 0 unspecified atom stereocenters. The number of piperidine rings is 1. The number of amides is 2. The van der Waals surface area contributed by atoms with Gasteiger partial charge in [0.2, 0.25) is 11.8 Å². The Morgan fingerprint density at radius 1 is 1.31 bits per heavy atom. The Morgan fingerprint density at radius 2 is 2.04 bits per heavy atom. The van der Waals surface area contributed by atoms with Crippen molar-refractivity contribution in [2.24, 2.45) is 5.92 Å².